The number of amides is 2. The Kier molecular flexibility index (Phi) is 5.14. The molecular weight excluding hydrogens is 401 g/mol. The Bertz CT molecular complexity index is 935. The number of carbonyl (C=O) groups is 2. The van der Waals surface area contributed by atoms with Crippen LogP contribution in [0.3, 0.4) is 0 Å². The summed E-state index contributed by atoms with van der Waals surface area (Å²) in [6.07, 6.45) is 0. The standard InChI is InChI=1S/C18H12Cl3NO4/c1-25-13-4-3-9(5-14(13)26-2)15-16(21)18(24)22(17(15)23)12-7-10(19)6-11(20)8-12/h3-8H,1-2H3. The molecule has 0 unspecified atom stereocenters. The average molecular weight is 413 g/mol. The van der Waals surface area contributed by atoms with E-state index in [1.54, 1.807) is 18.2 Å². The summed E-state index contributed by atoms with van der Waals surface area (Å²) in [6, 6.07) is 9.26. The quantitative estimate of drug-likeness (QED) is 0.692. The van der Waals surface area contributed by atoms with Gasteiger partial charge in [-0.2, -0.15) is 0 Å². The van der Waals surface area contributed by atoms with Crippen molar-refractivity contribution in [3.63, 3.8) is 0 Å². The highest BCUT2D eigenvalue weighted by molar-refractivity contribution is 6.60. The Morgan fingerprint density at radius 2 is 1.42 bits per heavy atom. The molecule has 0 N–H and O–H groups in total. The summed E-state index contributed by atoms with van der Waals surface area (Å²) in [5.41, 5.74) is 0.737. The van der Waals surface area contributed by atoms with Gasteiger partial charge in [0.25, 0.3) is 11.8 Å². The van der Waals surface area contributed by atoms with Crippen molar-refractivity contribution in [3.8, 4) is 11.5 Å². The van der Waals surface area contributed by atoms with Crippen LogP contribution in [-0.2, 0) is 9.59 Å². The van der Waals surface area contributed by atoms with Crippen LogP contribution in [0.1, 0.15) is 5.56 Å². The third-order valence-corrected chi connectivity index (χ3v) is 4.59. The monoisotopic (exact) mass is 411 g/mol. The molecule has 26 heavy (non-hydrogen) atoms. The molecule has 2 amide bonds. The van der Waals surface area contributed by atoms with Gasteiger partial charge >= 0.3 is 0 Å². The van der Waals surface area contributed by atoms with Crippen molar-refractivity contribution in [2.45, 2.75) is 0 Å². The number of hydrogen-bond donors (Lipinski definition) is 0. The minimum atomic E-state index is -0.653. The molecule has 0 aliphatic carbocycles. The normalized spacial score (nSPS) is 14.3. The lowest BCUT2D eigenvalue weighted by atomic mass is 10.1. The van der Waals surface area contributed by atoms with Crippen LogP contribution in [0.5, 0.6) is 11.5 Å². The number of nitrogens with zero attached hydrogens (tertiary/aromatic N) is 1. The second-order valence-electron chi connectivity index (χ2n) is 5.33. The first kappa shape index (κ1) is 18.6. The number of imide groups is 1. The second kappa shape index (κ2) is 7.19. The predicted octanol–water partition coefficient (Wildman–Crippen LogP) is 4.53. The molecule has 0 spiro atoms. The molecule has 2 aromatic rings. The largest absolute Gasteiger partial charge is 0.493 e. The molecule has 0 fully saturated rings. The first-order chi connectivity index (χ1) is 12.4. The van der Waals surface area contributed by atoms with Gasteiger partial charge in [-0.3, -0.25) is 9.59 Å². The van der Waals surface area contributed by atoms with E-state index in [1.807, 2.05) is 0 Å². The SMILES string of the molecule is COc1ccc(C2=C(Cl)C(=O)N(c3cc(Cl)cc(Cl)c3)C2=O)cc1OC. The lowest BCUT2D eigenvalue weighted by Gasteiger charge is -2.16. The highest BCUT2D eigenvalue weighted by Crippen LogP contribution is 2.39. The number of rotatable bonds is 4. The zero-order valence-electron chi connectivity index (χ0n) is 13.7. The van der Waals surface area contributed by atoms with E-state index < -0.39 is 11.8 Å². The van der Waals surface area contributed by atoms with Crippen LogP contribution in [0.2, 0.25) is 10.0 Å². The summed E-state index contributed by atoms with van der Waals surface area (Å²) in [4.78, 5) is 26.4. The first-order valence-corrected chi connectivity index (χ1v) is 8.47. The van der Waals surface area contributed by atoms with E-state index in [4.69, 9.17) is 44.3 Å². The Balaban J connectivity index is 2.07. The van der Waals surface area contributed by atoms with E-state index in [0.717, 1.165) is 4.90 Å². The molecule has 1 heterocycles. The van der Waals surface area contributed by atoms with Crippen LogP contribution in [0.15, 0.2) is 41.4 Å². The van der Waals surface area contributed by atoms with Crippen molar-refractivity contribution in [2.24, 2.45) is 0 Å². The van der Waals surface area contributed by atoms with E-state index >= 15 is 0 Å². The van der Waals surface area contributed by atoms with Gasteiger partial charge in [0.2, 0.25) is 0 Å². The fraction of sp³-hybridized carbons (Fsp3) is 0.111. The maximum atomic E-state index is 12.9. The Labute approximate surface area is 164 Å². The average Bonchev–Trinajstić information content (AvgIpc) is 2.82. The first-order valence-electron chi connectivity index (χ1n) is 7.34. The van der Waals surface area contributed by atoms with Crippen LogP contribution in [0.4, 0.5) is 5.69 Å². The summed E-state index contributed by atoms with van der Waals surface area (Å²) < 4.78 is 10.4. The van der Waals surface area contributed by atoms with Gasteiger partial charge in [0.15, 0.2) is 11.5 Å². The Hall–Kier alpha value is -2.21. The predicted molar refractivity (Wildman–Crippen MR) is 101 cm³/mol. The van der Waals surface area contributed by atoms with Gasteiger partial charge in [-0.05, 0) is 35.9 Å². The number of hydrogen-bond acceptors (Lipinski definition) is 4. The van der Waals surface area contributed by atoms with Gasteiger partial charge in [0, 0.05) is 10.0 Å². The molecule has 0 atom stereocenters. The number of anilines is 1. The Morgan fingerprint density at radius 1 is 0.808 bits per heavy atom. The van der Waals surface area contributed by atoms with E-state index in [9.17, 15) is 9.59 Å². The zero-order valence-corrected chi connectivity index (χ0v) is 15.9. The van der Waals surface area contributed by atoms with Crippen molar-refractivity contribution in [1.29, 1.82) is 0 Å². The fourth-order valence-electron chi connectivity index (χ4n) is 2.65. The second-order valence-corrected chi connectivity index (χ2v) is 6.58. The smallest absolute Gasteiger partial charge is 0.277 e. The molecular formula is C18H12Cl3NO4. The fourth-order valence-corrected chi connectivity index (χ4v) is 3.44. The van der Waals surface area contributed by atoms with Crippen molar-refractivity contribution in [3.05, 3.63) is 57.0 Å². The Morgan fingerprint density at radius 3 is 2.00 bits per heavy atom. The van der Waals surface area contributed by atoms with Gasteiger partial charge in [0.1, 0.15) is 5.03 Å². The summed E-state index contributed by atoms with van der Waals surface area (Å²) in [7, 11) is 2.97. The van der Waals surface area contributed by atoms with E-state index in [-0.39, 0.29) is 16.3 Å². The molecule has 1 aliphatic heterocycles. The number of methoxy groups -OCH3 is 2. The zero-order chi connectivity index (χ0) is 19.0. The lowest BCUT2D eigenvalue weighted by molar-refractivity contribution is -0.119. The van der Waals surface area contributed by atoms with Gasteiger partial charge in [0.05, 0.1) is 25.5 Å². The van der Waals surface area contributed by atoms with E-state index in [0.29, 0.717) is 27.1 Å². The molecule has 0 saturated carbocycles. The van der Waals surface area contributed by atoms with Crippen LogP contribution in [0.25, 0.3) is 5.57 Å². The third kappa shape index (κ3) is 3.14. The molecule has 134 valence electrons. The molecule has 0 bridgehead atoms. The molecule has 2 aromatic carbocycles. The van der Waals surface area contributed by atoms with E-state index in [2.05, 4.69) is 0 Å². The van der Waals surface area contributed by atoms with Crippen molar-refractivity contribution in [1.82, 2.24) is 0 Å². The maximum absolute atomic E-state index is 12.9. The van der Waals surface area contributed by atoms with Gasteiger partial charge in [-0.1, -0.05) is 40.9 Å². The number of halogens is 3. The van der Waals surface area contributed by atoms with Gasteiger partial charge < -0.3 is 9.47 Å². The summed E-state index contributed by atoms with van der Waals surface area (Å²) in [5, 5.41) is 0.394. The minimum absolute atomic E-state index is 0.0636. The van der Waals surface area contributed by atoms with Crippen molar-refractivity contribution >= 4 is 57.9 Å². The molecule has 3 rings (SSSR count). The number of benzene rings is 2. The molecule has 8 heteroatoms. The van der Waals surface area contributed by atoms with Crippen LogP contribution in [0, 0.1) is 0 Å². The minimum Gasteiger partial charge on any atom is -0.493 e. The third-order valence-electron chi connectivity index (χ3n) is 3.81. The maximum Gasteiger partial charge on any atom is 0.277 e. The topological polar surface area (TPSA) is 55.8 Å². The van der Waals surface area contributed by atoms with Crippen LogP contribution in [-0.4, -0.2) is 26.0 Å². The summed E-state index contributed by atoms with van der Waals surface area (Å²) in [6.45, 7) is 0. The highest BCUT2D eigenvalue weighted by atomic mass is 35.5. The van der Waals surface area contributed by atoms with E-state index in [1.165, 1.54) is 32.4 Å². The van der Waals surface area contributed by atoms with Crippen molar-refractivity contribution in [2.75, 3.05) is 19.1 Å². The lowest BCUT2D eigenvalue weighted by Crippen LogP contribution is -2.31. The summed E-state index contributed by atoms with van der Waals surface area (Å²) >= 11 is 18.1. The number of ether oxygens (including phenoxy) is 2. The highest BCUT2D eigenvalue weighted by Gasteiger charge is 2.39. The number of carbonyl (C=O) groups excluding carboxylic acids is 2. The van der Waals surface area contributed by atoms with Crippen molar-refractivity contribution < 1.29 is 19.1 Å². The van der Waals surface area contributed by atoms with Gasteiger partial charge in [-0.25, -0.2) is 4.90 Å². The molecule has 0 radical (unpaired) electrons. The molecule has 1 aliphatic rings. The van der Waals surface area contributed by atoms with Crippen LogP contribution >= 0.6 is 34.8 Å². The molecule has 0 saturated heterocycles. The molecule has 5 nitrogen and oxygen atoms in total. The van der Waals surface area contributed by atoms with Crippen LogP contribution < -0.4 is 14.4 Å². The van der Waals surface area contributed by atoms with Gasteiger partial charge in [-0.15, -0.1) is 0 Å². The summed E-state index contributed by atoms with van der Waals surface area (Å²) in [5.74, 6) is -0.333. The molecule has 0 aromatic heterocycles.